The summed E-state index contributed by atoms with van der Waals surface area (Å²) in [6.45, 7) is 2.21. The molecule has 0 fully saturated rings. The summed E-state index contributed by atoms with van der Waals surface area (Å²) in [6.07, 6.45) is 16.0. The zero-order chi connectivity index (χ0) is 13.1. The van der Waals surface area contributed by atoms with Crippen LogP contribution in [0.5, 0.6) is 0 Å². The van der Waals surface area contributed by atoms with Gasteiger partial charge in [-0.2, -0.15) is 0 Å². The van der Waals surface area contributed by atoms with Crippen molar-refractivity contribution in [3.05, 3.63) is 79.6 Å². The van der Waals surface area contributed by atoms with Crippen molar-refractivity contribution in [2.45, 2.75) is 19.8 Å². The average molecular weight is 355 g/mol. The molecule has 3 rings (SSSR count). The third kappa shape index (κ3) is 4.41. The van der Waals surface area contributed by atoms with E-state index in [4.69, 9.17) is 0 Å². The predicted octanol–water partition coefficient (Wildman–Crippen LogP) is 5.29. The summed E-state index contributed by atoms with van der Waals surface area (Å²) in [5.74, 6) is 0. The van der Waals surface area contributed by atoms with Gasteiger partial charge in [0.2, 0.25) is 0 Å². The third-order valence-corrected chi connectivity index (χ3v) is 7.98. The molecule has 0 heterocycles. The summed E-state index contributed by atoms with van der Waals surface area (Å²) in [5.41, 5.74) is 2.82. The smallest absolute Gasteiger partial charge is 0.147 e. The molecule has 0 aliphatic heterocycles. The van der Waals surface area contributed by atoms with Crippen LogP contribution in [-0.2, 0) is 17.4 Å². The number of benzene rings is 1. The van der Waals surface area contributed by atoms with Gasteiger partial charge in [0.05, 0.1) is 0 Å². The molecule has 2 aliphatic carbocycles. The van der Waals surface area contributed by atoms with Crippen LogP contribution in [0, 0.1) is 6.92 Å². The molecular formula is C18H20Cl2Ti. The van der Waals surface area contributed by atoms with E-state index in [1.807, 2.05) is 0 Å². The van der Waals surface area contributed by atoms with Crippen LogP contribution in [0.2, 0.25) is 0 Å². The minimum atomic E-state index is -1.44. The largest absolute Gasteiger partial charge is 0.147 e. The van der Waals surface area contributed by atoms with Crippen LogP contribution >= 0.6 is 24.8 Å². The Morgan fingerprint density at radius 1 is 0.905 bits per heavy atom. The van der Waals surface area contributed by atoms with Gasteiger partial charge in [0.25, 0.3) is 0 Å². The van der Waals surface area contributed by atoms with E-state index in [1.54, 1.807) is 7.76 Å². The maximum Gasteiger partial charge on any atom is -0.147 e. The first-order valence-electron chi connectivity index (χ1n) is 6.84. The van der Waals surface area contributed by atoms with Gasteiger partial charge >= 0.3 is 121 Å². The fraction of sp³-hybridized carbons (Fsp3) is 0.167. The number of hydrogen-bond acceptors (Lipinski definition) is 0. The monoisotopic (exact) mass is 354 g/mol. The molecule has 0 amide bonds. The van der Waals surface area contributed by atoms with Gasteiger partial charge in [-0.1, -0.05) is 0 Å². The topological polar surface area (TPSA) is 0 Å². The molecule has 0 spiro atoms. The maximum atomic E-state index is 2.59. The second-order valence-electron chi connectivity index (χ2n) is 5.06. The van der Waals surface area contributed by atoms with Gasteiger partial charge in [0.15, 0.2) is 0 Å². The van der Waals surface area contributed by atoms with Crippen molar-refractivity contribution in [3.63, 3.8) is 0 Å². The van der Waals surface area contributed by atoms with Gasteiger partial charge < -0.3 is 0 Å². The molecule has 0 nitrogen and oxygen atoms in total. The Bertz CT molecular complexity index is 617. The second-order valence-corrected chi connectivity index (χ2v) is 8.81. The number of allylic oxidation sites excluding steroid dienone is 8. The molecule has 110 valence electrons. The molecule has 0 saturated heterocycles. The van der Waals surface area contributed by atoms with Crippen LogP contribution < -0.4 is 0 Å². The summed E-state index contributed by atoms with van der Waals surface area (Å²) in [6, 6.07) is 8.75. The maximum absolute atomic E-state index is 2.59. The number of rotatable bonds is 3. The molecule has 1 aromatic rings. The minimum absolute atomic E-state index is 0. The summed E-state index contributed by atoms with van der Waals surface area (Å²) in [7, 11) is 0. The van der Waals surface area contributed by atoms with Crippen LogP contribution in [0.3, 0.4) is 0 Å². The van der Waals surface area contributed by atoms with E-state index in [-0.39, 0.29) is 24.8 Å². The van der Waals surface area contributed by atoms with Crippen molar-refractivity contribution in [2.24, 2.45) is 0 Å². The molecule has 2 aliphatic rings. The first-order chi connectivity index (χ1) is 9.34. The zero-order valence-corrected chi connectivity index (χ0v) is 15.3. The van der Waals surface area contributed by atoms with Crippen molar-refractivity contribution < 1.29 is 17.4 Å². The van der Waals surface area contributed by atoms with Crippen molar-refractivity contribution in [1.82, 2.24) is 0 Å². The van der Waals surface area contributed by atoms with Crippen molar-refractivity contribution in [3.8, 4) is 0 Å². The van der Waals surface area contributed by atoms with Crippen LogP contribution in [0.4, 0.5) is 0 Å². The van der Waals surface area contributed by atoms with Gasteiger partial charge in [0.1, 0.15) is 0 Å². The Morgan fingerprint density at radius 3 is 1.95 bits per heavy atom. The first kappa shape index (κ1) is 18.4. The first-order valence-corrected chi connectivity index (χ1v) is 9.30. The van der Waals surface area contributed by atoms with Gasteiger partial charge in [-0.05, 0) is 0 Å². The van der Waals surface area contributed by atoms with E-state index in [2.05, 4.69) is 72.0 Å². The molecule has 0 unspecified atom stereocenters. The SMILES string of the molecule is Cc1ccccc1[CH]=[Ti]([C]1=CC=CC1)[C]1=CC=CC1.Cl.Cl. The molecule has 0 bridgehead atoms. The van der Waals surface area contributed by atoms with Crippen LogP contribution in [-0.4, -0.2) is 4.31 Å². The molecule has 0 aromatic heterocycles. The Labute approximate surface area is 145 Å². The fourth-order valence-corrected chi connectivity index (χ4v) is 6.72. The van der Waals surface area contributed by atoms with E-state index in [1.165, 1.54) is 11.1 Å². The summed E-state index contributed by atoms with van der Waals surface area (Å²) < 4.78 is 5.95. The number of halogens is 2. The quantitative estimate of drug-likeness (QED) is 0.646. The van der Waals surface area contributed by atoms with Crippen LogP contribution in [0.15, 0.2) is 68.5 Å². The van der Waals surface area contributed by atoms with Crippen molar-refractivity contribution in [2.75, 3.05) is 0 Å². The fourth-order valence-electron chi connectivity index (χ4n) is 2.59. The van der Waals surface area contributed by atoms with E-state index in [0.717, 1.165) is 12.8 Å². The molecule has 0 saturated carbocycles. The molecular weight excluding hydrogens is 335 g/mol. The molecule has 1 aromatic carbocycles. The standard InChI is InChI=1S/C8H8.2C5H5.2ClH.Ti/c1-7-5-3-4-6-8(7)2;2*1-2-4-5-3-1;;;/h1,3-6H,2H3;2*1-3H,4H2;2*1H;. The van der Waals surface area contributed by atoms with Crippen molar-refractivity contribution in [1.29, 1.82) is 0 Å². The summed E-state index contributed by atoms with van der Waals surface area (Å²) in [4.78, 5) is 0. The summed E-state index contributed by atoms with van der Waals surface area (Å²) in [5, 5.41) is 0. The minimum Gasteiger partial charge on any atom is -0.147 e. The molecule has 0 N–H and O–H groups in total. The second kappa shape index (κ2) is 8.71. The molecule has 21 heavy (non-hydrogen) atoms. The predicted molar refractivity (Wildman–Crippen MR) is 94.5 cm³/mol. The van der Waals surface area contributed by atoms with Gasteiger partial charge in [-0.25, -0.2) is 0 Å². The summed E-state index contributed by atoms with van der Waals surface area (Å²) >= 11 is -1.44. The van der Waals surface area contributed by atoms with E-state index in [9.17, 15) is 0 Å². The Kier molecular flexibility index (Phi) is 7.63. The normalized spacial score (nSPS) is 14.9. The van der Waals surface area contributed by atoms with Crippen LogP contribution in [0.25, 0.3) is 0 Å². The molecule has 0 radical (unpaired) electrons. The number of aryl methyl sites for hydroxylation is 1. The van der Waals surface area contributed by atoms with Gasteiger partial charge in [-0.3, -0.25) is 0 Å². The molecule has 3 heteroatoms. The zero-order valence-electron chi connectivity index (χ0n) is 12.1. The average Bonchev–Trinajstić information content (AvgIpc) is 3.11. The Hall–Kier alpha value is -0.656. The number of hydrogen-bond donors (Lipinski definition) is 0. The van der Waals surface area contributed by atoms with Gasteiger partial charge in [0, 0.05) is 0 Å². The Balaban J connectivity index is 0.00000110. The van der Waals surface area contributed by atoms with Crippen LogP contribution in [0.1, 0.15) is 24.0 Å². The third-order valence-electron chi connectivity index (χ3n) is 3.72. The van der Waals surface area contributed by atoms with E-state index in [0.29, 0.717) is 0 Å². The Morgan fingerprint density at radius 2 is 1.48 bits per heavy atom. The van der Waals surface area contributed by atoms with Crippen molar-refractivity contribution >= 4 is 29.1 Å². The van der Waals surface area contributed by atoms with Gasteiger partial charge in [-0.15, -0.1) is 24.8 Å². The molecule has 0 atom stereocenters. The van der Waals surface area contributed by atoms with E-state index < -0.39 is 17.4 Å². The van der Waals surface area contributed by atoms with E-state index >= 15 is 0 Å².